The fourth-order valence-electron chi connectivity index (χ4n) is 1.68. The highest BCUT2D eigenvalue weighted by Crippen LogP contribution is 2.35. The van der Waals surface area contributed by atoms with Crippen LogP contribution < -0.4 is 5.32 Å². The third-order valence-corrected chi connectivity index (χ3v) is 2.68. The van der Waals surface area contributed by atoms with Gasteiger partial charge in [0.25, 0.3) is 0 Å². The number of benzene rings is 1. The van der Waals surface area contributed by atoms with E-state index < -0.39 is 0 Å². The average Bonchev–Trinajstić information content (AvgIpc) is 2.76. The van der Waals surface area contributed by atoms with Crippen molar-refractivity contribution >= 4 is 0 Å². The molecule has 2 atom stereocenters. The molecule has 0 amide bonds. The largest absolute Gasteiger partial charge is 0.387 e. The van der Waals surface area contributed by atoms with Gasteiger partial charge < -0.3 is 10.4 Å². The van der Waals surface area contributed by atoms with E-state index in [-0.39, 0.29) is 17.7 Å². The second-order valence-electron chi connectivity index (χ2n) is 4.20. The molecule has 1 saturated heterocycles. The molecule has 1 heterocycles. The summed E-state index contributed by atoms with van der Waals surface area (Å²) in [5.74, 6) is 0. The van der Waals surface area contributed by atoms with Crippen molar-refractivity contribution in [1.29, 1.82) is 0 Å². The van der Waals surface area contributed by atoms with Gasteiger partial charge in [-0.2, -0.15) is 0 Å². The first-order valence-corrected chi connectivity index (χ1v) is 4.62. The van der Waals surface area contributed by atoms with Crippen LogP contribution in [-0.2, 0) is 0 Å². The van der Waals surface area contributed by atoms with E-state index in [1.807, 2.05) is 30.3 Å². The van der Waals surface area contributed by atoms with Crippen molar-refractivity contribution in [2.24, 2.45) is 0 Å². The maximum Gasteiger partial charge on any atom is 0.0961 e. The van der Waals surface area contributed by atoms with E-state index in [9.17, 15) is 5.11 Å². The minimum atomic E-state index is -0.379. The first-order chi connectivity index (χ1) is 6.11. The van der Waals surface area contributed by atoms with Gasteiger partial charge in [-0.1, -0.05) is 30.3 Å². The number of hydrogen-bond donors (Lipinski definition) is 2. The molecular weight excluding hydrogens is 162 g/mol. The lowest BCUT2D eigenvalue weighted by atomic mass is 10.00. The lowest BCUT2D eigenvalue weighted by Gasteiger charge is -2.10. The second kappa shape index (κ2) is 2.82. The molecule has 13 heavy (non-hydrogen) atoms. The lowest BCUT2D eigenvalue weighted by Crippen LogP contribution is -2.12. The first kappa shape index (κ1) is 8.73. The van der Waals surface area contributed by atoms with E-state index in [0.29, 0.717) is 0 Å². The number of rotatable bonds is 2. The SMILES string of the molecule is CC1(C)N[C@H]1[C@H](O)c1ccccc1. The molecule has 2 nitrogen and oxygen atoms in total. The van der Waals surface area contributed by atoms with Crippen LogP contribution in [0.3, 0.4) is 0 Å². The zero-order chi connectivity index (χ0) is 9.47. The third kappa shape index (κ3) is 1.60. The predicted molar refractivity (Wildman–Crippen MR) is 52.4 cm³/mol. The molecule has 1 aromatic carbocycles. The molecule has 1 aliphatic rings. The lowest BCUT2D eigenvalue weighted by molar-refractivity contribution is 0.170. The Morgan fingerprint density at radius 3 is 2.31 bits per heavy atom. The molecule has 2 rings (SSSR count). The molecule has 0 bridgehead atoms. The third-order valence-electron chi connectivity index (χ3n) is 2.68. The number of aliphatic hydroxyl groups is 1. The average molecular weight is 177 g/mol. The van der Waals surface area contributed by atoms with Crippen molar-refractivity contribution in [3.8, 4) is 0 Å². The molecule has 0 radical (unpaired) electrons. The summed E-state index contributed by atoms with van der Waals surface area (Å²) in [6, 6.07) is 9.99. The highest BCUT2D eigenvalue weighted by atomic mass is 16.3. The Bertz CT molecular complexity index is 294. The Labute approximate surface area is 78.6 Å². The standard InChI is InChI=1S/C11H15NO/c1-11(2)10(12-11)9(13)8-6-4-3-5-7-8/h3-7,9-10,12-13H,1-2H3/t9-,10+/m1/s1. The fourth-order valence-corrected chi connectivity index (χ4v) is 1.68. The Balaban J connectivity index is 2.12. The smallest absolute Gasteiger partial charge is 0.0961 e. The molecule has 2 N–H and O–H groups in total. The minimum Gasteiger partial charge on any atom is -0.387 e. The topological polar surface area (TPSA) is 42.2 Å². The van der Waals surface area contributed by atoms with Crippen molar-refractivity contribution < 1.29 is 5.11 Å². The van der Waals surface area contributed by atoms with Gasteiger partial charge >= 0.3 is 0 Å². The Morgan fingerprint density at radius 1 is 1.31 bits per heavy atom. The van der Waals surface area contributed by atoms with Crippen LogP contribution >= 0.6 is 0 Å². The molecule has 1 aromatic rings. The van der Waals surface area contributed by atoms with Crippen molar-refractivity contribution in [2.45, 2.75) is 31.5 Å². The monoisotopic (exact) mass is 177 g/mol. The minimum absolute atomic E-state index is 0.0925. The van der Waals surface area contributed by atoms with Gasteiger partial charge in [0.2, 0.25) is 0 Å². The Hall–Kier alpha value is -0.860. The molecule has 0 saturated carbocycles. The van der Waals surface area contributed by atoms with Gasteiger partial charge in [-0.3, -0.25) is 0 Å². The van der Waals surface area contributed by atoms with Gasteiger partial charge in [-0.25, -0.2) is 0 Å². The Kier molecular flexibility index (Phi) is 1.90. The van der Waals surface area contributed by atoms with Crippen molar-refractivity contribution in [3.63, 3.8) is 0 Å². The molecule has 1 aliphatic heterocycles. The maximum absolute atomic E-state index is 9.93. The summed E-state index contributed by atoms with van der Waals surface area (Å²) >= 11 is 0. The van der Waals surface area contributed by atoms with Gasteiger partial charge in [0.05, 0.1) is 12.1 Å². The molecule has 0 aliphatic carbocycles. The number of nitrogens with one attached hydrogen (secondary N) is 1. The quantitative estimate of drug-likeness (QED) is 0.672. The molecule has 1 fully saturated rings. The highest BCUT2D eigenvalue weighted by Gasteiger charge is 2.49. The zero-order valence-electron chi connectivity index (χ0n) is 7.99. The molecule has 0 aromatic heterocycles. The number of hydrogen-bond acceptors (Lipinski definition) is 2. The van der Waals surface area contributed by atoms with Gasteiger partial charge in [0.15, 0.2) is 0 Å². The van der Waals surface area contributed by atoms with E-state index in [1.165, 1.54) is 0 Å². The van der Waals surface area contributed by atoms with Gasteiger partial charge in [0, 0.05) is 5.54 Å². The van der Waals surface area contributed by atoms with Gasteiger partial charge in [0.1, 0.15) is 0 Å². The second-order valence-corrected chi connectivity index (χ2v) is 4.20. The zero-order valence-corrected chi connectivity index (χ0v) is 7.99. The normalized spacial score (nSPS) is 26.8. The van der Waals surface area contributed by atoms with E-state index >= 15 is 0 Å². The summed E-state index contributed by atoms with van der Waals surface area (Å²) in [6.45, 7) is 4.20. The van der Waals surface area contributed by atoms with Gasteiger partial charge in [-0.15, -0.1) is 0 Å². The van der Waals surface area contributed by atoms with Crippen LogP contribution in [-0.4, -0.2) is 16.7 Å². The fraction of sp³-hybridized carbons (Fsp3) is 0.455. The molecule has 0 unspecified atom stereocenters. The summed E-state index contributed by atoms with van der Waals surface area (Å²) in [6.07, 6.45) is -0.379. The van der Waals surface area contributed by atoms with Crippen LogP contribution in [0.4, 0.5) is 0 Å². The van der Waals surface area contributed by atoms with Crippen LogP contribution in [0.1, 0.15) is 25.5 Å². The van der Waals surface area contributed by atoms with Crippen molar-refractivity contribution in [1.82, 2.24) is 5.32 Å². The molecule has 2 heteroatoms. The van der Waals surface area contributed by atoms with Crippen LogP contribution in [0.5, 0.6) is 0 Å². The summed E-state index contributed by atoms with van der Waals surface area (Å²) in [5, 5.41) is 13.2. The first-order valence-electron chi connectivity index (χ1n) is 4.62. The Morgan fingerprint density at radius 2 is 1.85 bits per heavy atom. The molecule has 70 valence electrons. The predicted octanol–water partition coefficient (Wildman–Crippen LogP) is 1.47. The number of aliphatic hydroxyl groups excluding tert-OH is 1. The maximum atomic E-state index is 9.93. The van der Waals surface area contributed by atoms with Crippen LogP contribution in [0, 0.1) is 0 Å². The summed E-state index contributed by atoms with van der Waals surface area (Å²) in [7, 11) is 0. The van der Waals surface area contributed by atoms with Crippen molar-refractivity contribution in [2.75, 3.05) is 0 Å². The van der Waals surface area contributed by atoms with Crippen LogP contribution in [0.25, 0.3) is 0 Å². The molecule has 0 spiro atoms. The van der Waals surface area contributed by atoms with Crippen LogP contribution in [0.15, 0.2) is 30.3 Å². The highest BCUT2D eigenvalue weighted by molar-refractivity contribution is 5.24. The van der Waals surface area contributed by atoms with Crippen molar-refractivity contribution in [3.05, 3.63) is 35.9 Å². The summed E-state index contributed by atoms with van der Waals surface area (Å²) in [5.41, 5.74) is 1.08. The van der Waals surface area contributed by atoms with E-state index in [2.05, 4.69) is 19.2 Å². The summed E-state index contributed by atoms with van der Waals surface area (Å²) < 4.78 is 0. The molecular formula is C11H15NO. The van der Waals surface area contributed by atoms with Crippen LogP contribution in [0.2, 0.25) is 0 Å². The van der Waals surface area contributed by atoms with E-state index in [0.717, 1.165) is 5.56 Å². The van der Waals surface area contributed by atoms with E-state index in [4.69, 9.17) is 0 Å². The van der Waals surface area contributed by atoms with E-state index in [1.54, 1.807) is 0 Å². The summed E-state index contributed by atoms with van der Waals surface area (Å²) in [4.78, 5) is 0. The van der Waals surface area contributed by atoms with Gasteiger partial charge in [-0.05, 0) is 19.4 Å².